The maximum absolute atomic E-state index is 12.8. The van der Waals surface area contributed by atoms with Gasteiger partial charge in [0.05, 0.1) is 24.6 Å². The predicted molar refractivity (Wildman–Crippen MR) is 127 cm³/mol. The van der Waals surface area contributed by atoms with Crippen molar-refractivity contribution in [2.75, 3.05) is 26.4 Å². The molecular weight excluding hydrogens is 452 g/mol. The van der Waals surface area contributed by atoms with Crippen LogP contribution < -0.4 is 0 Å². The molecule has 2 aromatic carbocycles. The fourth-order valence-electron chi connectivity index (χ4n) is 3.33. The monoisotopic (exact) mass is 476 g/mol. The number of hydrogen-bond acceptors (Lipinski definition) is 9. The lowest BCUT2D eigenvalue weighted by Gasteiger charge is -2.08. The largest absolute Gasteiger partial charge is 0.469 e. The second-order valence-corrected chi connectivity index (χ2v) is 7.22. The minimum Gasteiger partial charge on any atom is -0.469 e. The van der Waals surface area contributed by atoms with E-state index in [1.165, 1.54) is 0 Å². The van der Waals surface area contributed by atoms with E-state index in [0.29, 0.717) is 11.4 Å². The third-order valence-corrected chi connectivity index (χ3v) is 4.84. The molecule has 0 aromatic heterocycles. The zero-order valence-corrected chi connectivity index (χ0v) is 19.4. The SMILES string of the molecule is CCOC(=O)C1=C(OC2=C(C(=O)OCC)C(=Nc3ccccc3)OC2)COC1=Nc1ccccc1. The maximum Gasteiger partial charge on any atom is 0.347 e. The number of nitrogens with zero attached hydrogens (tertiary/aromatic N) is 2. The molecule has 2 aliphatic rings. The molecule has 0 N–H and O–H groups in total. The Labute approximate surface area is 202 Å². The lowest BCUT2D eigenvalue weighted by Crippen LogP contribution is -2.16. The van der Waals surface area contributed by atoms with E-state index in [4.69, 9.17) is 23.7 Å². The van der Waals surface area contributed by atoms with Gasteiger partial charge in [0, 0.05) is 0 Å². The second kappa shape index (κ2) is 11.1. The van der Waals surface area contributed by atoms with Crippen molar-refractivity contribution in [1.29, 1.82) is 0 Å². The molecule has 0 saturated heterocycles. The van der Waals surface area contributed by atoms with Gasteiger partial charge in [-0.25, -0.2) is 19.6 Å². The van der Waals surface area contributed by atoms with Crippen molar-refractivity contribution in [2.24, 2.45) is 9.98 Å². The van der Waals surface area contributed by atoms with Crippen molar-refractivity contribution < 1.29 is 33.3 Å². The number of aliphatic imine (C=N–C) groups is 2. The van der Waals surface area contributed by atoms with Gasteiger partial charge in [0.2, 0.25) is 11.8 Å². The molecule has 4 rings (SSSR count). The van der Waals surface area contributed by atoms with Gasteiger partial charge in [-0.15, -0.1) is 0 Å². The topological polar surface area (TPSA) is 105 Å². The van der Waals surface area contributed by atoms with E-state index in [1.807, 2.05) is 36.4 Å². The highest BCUT2D eigenvalue weighted by atomic mass is 16.6. The van der Waals surface area contributed by atoms with E-state index in [2.05, 4.69) is 9.98 Å². The number of esters is 2. The van der Waals surface area contributed by atoms with Crippen molar-refractivity contribution in [1.82, 2.24) is 0 Å². The molecule has 2 heterocycles. The van der Waals surface area contributed by atoms with E-state index in [9.17, 15) is 9.59 Å². The quantitative estimate of drug-likeness (QED) is 0.527. The molecule has 35 heavy (non-hydrogen) atoms. The van der Waals surface area contributed by atoms with E-state index in [1.54, 1.807) is 38.1 Å². The maximum atomic E-state index is 12.8. The first-order valence-corrected chi connectivity index (χ1v) is 11.1. The molecule has 0 bridgehead atoms. The molecule has 0 unspecified atom stereocenters. The van der Waals surface area contributed by atoms with Gasteiger partial charge in [0.25, 0.3) is 0 Å². The molecule has 0 radical (unpaired) electrons. The predicted octanol–water partition coefficient (Wildman–Crippen LogP) is 4.16. The number of hydrogen-bond donors (Lipinski definition) is 0. The van der Waals surface area contributed by atoms with Crippen LogP contribution in [0.15, 0.2) is 93.3 Å². The third-order valence-electron chi connectivity index (χ3n) is 4.84. The zero-order valence-electron chi connectivity index (χ0n) is 19.4. The van der Waals surface area contributed by atoms with Gasteiger partial charge in [-0.1, -0.05) is 36.4 Å². The number of benzene rings is 2. The van der Waals surface area contributed by atoms with Gasteiger partial charge < -0.3 is 23.7 Å². The third kappa shape index (κ3) is 5.57. The lowest BCUT2D eigenvalue weighted by atomic mass is 10.2. The summed E-state index contributed by atoms with van der Waals surface area (Å²) in [7, 11) is 0. The molecule has 180 valence electrons. The summed E-state index contributed by atoms with van der Waals surface area (Å²) in [4.78, 5) is 34.4. The molecule has 0 fully saturated rings. The summed E-state index contributed by atoms with van der Waals surface area (Å²) >= 11 is 0. The van der Waals surface area contributed by atoms with Crippen molar-refractivity contribution in [2.45, 2.75) is 13.8 Å². The molecule has 0 spiro atoms. The molecule has 0 saturated carbocycles. The van der Waals surface area contributed by atoms with Gasteiger partial charge >= 0.3 is 11.9 Å². The molecule has 9 nitrogen and oxygen atoms in total. The van der Waals surface area contributed by atoms with Crippen molar-refractivity contribution >= 4 is 35.1 Å². The number of rotatable bonds is 8. The van der Waals surface area contributed by atoms with Crippen molar-refractivity contribution in [3.8, 4) is 0 Å². The summed E-state index contributed by atoms with van der Waals surface area (Å²) in [6.07, 6.45) is 0. The average molecular weight is 476 g/mol. The van der Waals surface area contributed by atoms with Crippen LogP contribution in [-0.4, -0.2) is 50.2 Å². The Bertz CT molecular complexity index is 1120. The van der Waals surface area contributed by atoms with E-state index in [-0.39, 0.29) is 60.9 Å². The number of carbonyl (C=O) groups excluding carboxylic acids is 2. The Kier molecular flexibility index (Phi) is 7.57. The van der Waals surface area contributed by atoms with Gasteiger partial charge in [-0.2, -0.15) is 0 Å². The minimum atomic E-state index is -0.648. The molecule has 0 amide bonds. The number of ether oxygens (including phenoxy) is 5. The van der Waals surface area contributed by atoms with Gasteiger partial charge in [-0.05, 0) is 38.1 Å². The van der Waals surface area contributed by atoms with Crippen LogP contribution >= 0.6 is 0 Å². The lowest BCUT2D eigenvalue weighted by molar-refractivity contribution is -0.138. The minimum absolute atomic E-state index is 0.0415. The number of carbonyl (C=O) groups is 2. The summed E-state index contributed by atoms with van der Waals surface area (Å²) in [6, 6.07) is 18.1. The molecule has 0 aliphatic carbocycles. The summed E-state index contributed by atoms with van der Waals surface area (Å²) in [5.41, 5.74) is 1.27. The summed E-state index contributed by atoms with van der Waals surface area (Å²) < 4.78 is 27.7. The highest BCUT2D eigenvalue weighted by Crippen LogP contribution is 2.29. The zero-order chi connectivity index (χ0) is 24.6. The molecule has 9 heteroatoms. The van der Waals surface area contributed by atoms with E-state index >= 15 is 0 Å². The fourth-order valence-corrected chi connectivity index (χ4v) is 3.33. The van der Waals surface area contributed by atoms with Gasteiger partial charge in [0.1, 0.15) is 13.2 Å². The molecule has 2 aliphatic heterocycles. The Morgan fingerprint density at radius 1 is 0.714 bits per heavy atom. The smallest absolute Gasteiger partial charge is 0.347 e. The second-order valence-electron chi connectivity index (χ2n) is 7.22. The van der Waals surface area contributed by atoms with Crippen LogP contribution in [-0.2, 0) is 33.3 Å². The summed E-state index contributed by atoms with van der Waals surface area (Å²) in [5, 5.41) is 0. The molecule has 2 aromatic rings. The van der Waals surface area contributed by atoms with Crippen molar-refractivity contribution in [3.05, 3.63) is 83.3 Å². The van der Waals surface area contributed by atoms with Crippen LogP contribution in [0.1, 0.15) is 13.8 Å². The average Bonchev–Trinajstić information content (AvgIpc) is 3.44. The van der Waals surface area contributed by atoms with Crippen LogP contribution in [0, 0.1) is 0 Å². The standard InChI is InChI=1S/C26H24N2O7/c1-3-31-25(29)21-19(15-33-23(21)27-17-11-7-5-8-12-17)35-20-16-34-24(22(20)26(30)32-4-2)28-18-13-9-6-10-14-18/h5-14H,3-4,15-16H2,1-2H3. The van der Waals surface area contributed by atoms with E-state index in [0.717, 1.165) is 0 Å². The molecular formula is C26H24N2O7. The Morgan fingerprint density at radius 3 is 1.49 bits per heavy atom. The first-order chi connectivity index (χ1) is 17.1. The Morgan fingerprint density at radius 2 is 1.11 bits per heavy atom. The van der Waals surface area contributed by atoms with E-state index < -0.39 is 11.9 Å². The van der Waals surface area contributed by atoms with Crippen LogP contribution in [0.4, 0.5) is 11.4 Å². The van der Waals surface area contributed by atoms with Gasteiger partial charge in [-0.3, -0.25) is 0 Å². The van der Waals surface area contributed by atoms with Crippen molar-refractivity contribution in [3.63, 3.8) is 0 Å². The van der Waals surface area contributed by atoms with Crippen LogP contribution in [0.3, 0.4) is 0 Å². The fraction of sp³-hybridized carbons (Fsp3) is 0.231. The van der Waals surface area contributed by atoms with Gasteiger partial charge in [0.15, 0.2) is 22.7 Å². The molecule has 0 atom stereocenters. The first-order valence-electron chi connectivity index (χ1n) is 11.1. The Hall–Kier alpha value is -4.40. The van der Waals surface area contributed by atoms with Crippen LogP contribution in [0.25, 0.3) is 0 Å². The first kappa shape index (κ1) is 23.7. The summed E-state index contributed by atoms with van der Waals surface area (Å²) in [5.74, 6) is -0.853. The van der Waals surface area contributed by atoms with Crippen LogP contribution in [0.5, 0.6) is 0 Å². The Balaban J connectivity index is 1.73. The highest BCUT2D eigenvalue weighted by molar-refractivity contribution is 6.20. The van der Waals surface area contributed by atoms with Crippen LogP contribution in [0.2, 0.25) is 0 Å². The number of para-hydroxylation sites is 2. The highest BCUT2D eigenvalue weighted by Gasteiger charge is 2.37. The summed E-state index contributed by atoms with van der Waals surface area (Å²) in [6.45, 7) is 3.54. The normalized spacial score (nSPS) is 17.4.